The number of fused-ring (bicyclic) bond motifs is 1. The minimum atomic E-state index is -1.05. The molecular weight excluding hydrogens is 368 g/mol. The van der Waals surface area contributed by atoms with Crippen LogP contribution in [0.5, 0.6) is 0 Å². The zero-order valence-corrected chi connectivity index (χ0v) is 15.5. The van der Waals surface area contributed by atoms with Crippen LogP contribution in [0.1, 0.15) is 23.9 Å². The van der Waals surface area contributed by atoms with E-state index in [2.05, 4.69) is 9.97 Å². The van der Waals surface area contributed by atoms with Crippen molar-refractivity contribution in [3.8, 4) is 12.1 Å². The molecule has 0 aliphatic rings. The molecule has 3 aromatic rings. The SMILES string of the molecule is C[C@@H](OC(=O)/C=C/c1ccc(C#N)cc1)/C(O)=C(\C#N)c1nc2ccccc2[nH]1. The van der Waals surface area contributed by atoms with Gasteiger partial charge in [-0.1, -0.05) is 24.3 Å². The standard InChI is InChI=1S/C22H16N4O3/c1-14(29-20(27)11-10-15-6-8-16(12-23)9-7-15)21(28)17(13-24)22-25-18-4-2-3-5-19(18)26-22/h2-11,14,28H,1H3,(H,25,26)/b11-10+,21-17-/t14-/m1/s1. The molecule has 7 heteroatoms. The second-order valence-corrected chi connectivity index (χ2v) is 6.12. The van der Waals surface area contributed by atoms with E-state index in [1.165, 1.54) is 19.1 Å². The first-order valence-corrected chi connectivity index (χ1v) is 8.69. The molecule has 29 heavy (non-hydrogen) atoms. The highest BCUT2D eigenvalue weighted by molar-refractivity contribution is 5.88. The van der Waals surface area contributed by atoms with Gasteiger partial charge in [0, 0.05) is 6.08 Å². The summed E-state index contributed by atoms with van der Waals surface area (Å²) < 4.78 is 5.18. The Morgan fingerprint density at radius 2 is 1.93 bits per heavy atom. The first-order chi connectivity index (χ1) is 14.0. The number of carbonyl (C=O) groups is 1. The lowest BCUT2D eigenvalue weighted by molar-refractivity contribution is -0.141. The van der Waals surface area contributed by atoms with Crippen molar-refractivity contribution in [3.63, 3.8) is 0 Å². The third-order valence-electron chi connectivity index (χ3n) is 4.12. The molecule has 7 nitrogen and oxygen atoms in total. The molecule has 0 unspecified atom stereocenters. The number of aromatic nitrogens is 2. The first kappa shape index (κ1) is 19.4. The molecule has 0 spiro atoms. The fraction of sp³-hybridized carbons (Fsp3) is 0.0909. The average Bonchev–Trinajstić information content (AvgIpc) is 3.16. The van der Waals surface area contributed by atoms with Gasteiger partial charge >= 0.3 is 5.97 Å². The van der Waals surface area contributed by atoms with Crippen LogP contribution in [-0.4, -0.2) is 27.1 Å². The molecule has 0 aliphatic carbocycles. The van der Waals surface area contributed by atoms with Crippen molar-refractivity contribution in [1.29, 1.82) is 10.5 Å². The summed E-state index contributed by atoms with van der Waals surface area (Å²) in [6, 6.07) is 17.8. The monoisotopic (exact) mass is 384 g/mol. The highest BCUT2D eigenvalue weighted by atomic mass is 16.5. The number of nitrogens with one attached hydrogen (secondary N) is 1. The van der Waals surface area contributed by atoms with E-state index < -0.39 is 17.8 Å². The van der Waals surface area contributed by atoms with Gasteiger partial charge in [0.25, 0.3) is 0 Å². The number of hydrogen-bond acceptors (Lipinski definition) is 6. The number of aromatic amines is 1. The molecule has 1 aromatic heterocycles. The summed E-state index contributed by atoms with van der Waals surface area (Å²) in [5, 5.41) is 28.6. The van der Waals surface area contributed by atoms with Crippen LogP contribution >= 0.6 is 0 Å². The molecule has 0 aliphatic heterocycles. The molecule has 3 rings (SSSR count). The van der Waals surface area contributed by atoms with Gasteiger partial charge in [0.2, 0.25) is 0 Å². The lowest BCUT2D eigenvalue weighted by atomic mass is 10.1. The summed E-state index contributed by atoms with van der Waals surface area (Å²) in [7, 11) is 0. The number of benzene rings is 2. The van der Waals surface area contributed by atoms with Gasteiger partial charge in [0.05, 0.1) is 22.7 Å². The Kier molecular flexibility index (Phi) is 5.72. The summed E-state index contributed by atoms with van der Waals surface area (Å²) >= 11 is 0. The minimum absolute atomic E-state index is 0.0995. The smallest absolute Gasteiger partial charge is 0.331 e. The Bertz CT molecular complexity index is 1160. The fourth-order valence-corrected chi connectivity index (χ4v) is 2.61. The van der Waals surface area contributed by atoms with Crippen LogP contribution in [-0.2, 0) is 9.53 Å². The molecular formula is C22H16N4O3. The van der Waals surface area contributed by atoms with Crippen molar-refractivity contribution >= 4 is 28.7 Å². The number of allylic oxidation sites excluding steroid dienone is 1. The third-order valence-corrected chi connectivity index (χ3v) is 4.12. The van der Waals surface area contributed by atoms with E-state index in [1.54, 1.807) is 36.4 Å². The highest BCUT2D eigenvalue weighted by Crippen LogP contribution is 2.21. The zero-order valence-electron chi connectivity index (χ0n) is 15.5. The summed E-state index contributed by atoms with van der Waals surface area (Å²) in [6.45, 7) is 1.46. The summed E-state index contributed by atoms with van der Waals surface area (Å²) in [4.78, 5) is 19.3. The van der Waals surface area contributed by atoms with E-state index in [4.69, 9.17) is 10.00 Å². The second kappa shape index (κ2) is 8.55. The van der Waals surface area contributed by atoms with Gasteiger partial charge < -0.3 is 14.8 Å². The normalized spacial score (nSPS) is 12.8. The zero-order chi connectivity index (χ0) is 20.8. The number of ether oxygens (including phenoxy) is 1. The van der Waals surface area contributed by atoms with Crippen molar-refractivity contribution in [2.75, 3.05) is 0 Å². The van der Waals surface area contributed by atoms with Gasteiger partial charge in [-0.3, -0.25) is 0 Å². The van der Waals surface area contributed by atoms with Gasteiger partial charge in [0.15, 0.2) is 17.7 Å². The topological polar surface area (TPSA) is 123 Å². The quantitative estimate of drug-likeness (QED) is 0.298. The molecule has 0 fully saturated rings. The number of aliphatic hydroxyl groups excluding tert-OH is 1. The number of aliphatic hydroxyl groups is 1. The first-order valence-electron chi connectivity index (χ1n) is 8.69. The van der Waals surface area contributed by atoms with Crippen LogP contribution in [0.25, 0.3) is 22.7 Å². The lowest BCUT2D eigenvalue weighted by Crippen LogP contribution is -2.17. The van der Waals surface area contributed by atoms with Crippen LogP contribution in [0.15, 0.2) is 60.4 Å². The average molecular weight is 384 g/mol. The van der Waals surface area contributed by atoms with E-state index >= 15 is 0 Å². The van der Waals surface area contributed by atoms with Gasteiger partial charge in [-0.2, -0.15) is 10.5 Å². The van der Waals surface area contributed by atoms with E-state index in [-0.39, 0.29) is 11.4 Å². The molecule has 0 saturated carbocycles. The maximum Gasteiger partial charge on any atom is 0.331 e. The Balaban J connectivity index is 1.74. The van der Waals surface area contributed by atoms with Crippen molar-refractivity contribution < 1.29 is 14.6 Å². The van der Waals surface area contributed by atoms with Gasteiger partial charge in [-0.15, -0.1) is 0 Å². The van der Waals surface area contributed by atoms with Crippen LogP contribution in [0, 0.1) is 22.7 Å². The molecule has 0 radical (unpaired) electrons. The van der Waals surface area contributed by atoms with Gasteiger partial charge in [0.1, 0.15) is 11.6 Å². The fourth-order valence-electron chi connectivity index (χ4n) is 2.61. The molecule has 142 valence electrons. The van der Waals surface area contributed by atoms with Gasteiger partial charge in [-0.05, 0) is 42.8 Å². The molecule has 0 amide bonds. The number of imidazole rings is 1. The Labute approximate surface area is 166 Å². The second-order valence-electron chi connectivity index (χ2n) is 6.12. The summed E-state index contributed by atoms with van der Waals surface area (Å²) in [5.74, 6) is -0.885. The predicted molar refractivity (Wildman–Crippen MR) is 107 cm³/mol. The number of H-pyrrole nitrogens is 1. The number of rotatable bonds is 5. The number of nitrogens with zero attached hydrogens (tertiary/aromatic N) is 3. The Hall–Kier alpha value is -4.36. The predicted octanol–water partition coefficient (Wildman–Crippen LogP) is 3.87. The van der Waals surface area contributed by atoms with Crippen molar-refractivity contribution in [1.82, 2.24) is 9.97 Å². The van der Waals surface area contributed by atoms with E-state index in [0.717, 1.165) is 5.52 Å². The minimum Gasteiger partial charge on any atom is -0.507 e. The molecule has 2 aromatic carbocycles. The molecule has 1 heterocycles. The highest BCUT2D eigenvalue weighted by Gasteiger charge is 2.20. The van der Waals surface area contributed by atoms with Crippen LogP contribution in [0.3, 0.4) is 0 Å². The van der Waals surface area contributed by atoms with Gasteiger partial charge in [-0.25, -0.2) is 9.78 Å². The Morgan fingerprint density at radius 3 is 2.59 bits per heavy atom. The van der Waals surface area contributed by atoms with Crippen molar-refractivity contribution in [2.45, 2.75) is 13.0 Å². The molecule has 1 atom stereocenters. The third kappa shape index (κ3) is 4.49. The summed E-state index contributed by atoms with van der Waals surface area (Å²) in [5.41, 5.74) is 2.50. The van der Waals surface area contributed by atoms with Crippen molar-refractivity contribution in [3.05, 3.63) is 77.3 Å². The number of para-hydroxylation sites is 2. The lowest BCUT2D eigenvalue weighted by Gasteiger charge is -2.12. The van der Waals surface area contributed by atoms with E-state index in [1.807, 2.05) is 24.3 Å². The molecule has 2 N–H and O–H groups in total. The Morgan fingerprint density at radius 1 is 1.21 bits per heavy atom. The maximum atomic E-state index is 12.0. The number of esters is 1. The van der Waals surface area contributed by atoms with Crippen LogP contribution < -0.4 is 0 Å². The summed E-state index contributed by atoms with van der Waals surface area (Å²) in [6.07, 6.45) is 1.69. The van der Waals surface area contributed by atoms with E-state index in [0.29, 0.717) is 16.6 Å². The van der Waals surface area contributed by atoms with E-state index in [9.17, 15) is 15.2 Å². The number of nitriles is 2. The van der Waals surface area contributed by atoms with Crippen LogP contribution in [0.2, 0.25) is 0 Å². The molecule has 0 saturated heterocycles. The number of hydrogen-bond donors (Lipinski definition) is 2. The largest absolute Gasteiger partial charge is 0.507 e. The van der Waals surface area contributed by atoms with Crippen molar-refractivity contribution in [2.24, 2.45) is 0 Å². The van der Waals surface area contributed by atoms with Crippen LogP contribution in [0.4, 0.5) is 0 Å². The maximum absolute atomic E-state index is 12.0. The number of carbonyl (C=O) groups excluding carboxylic acids is 1. The molecule has 0 bridgehead atoms.